The molecule has 5 heteroatoms. The summed E-state index contributed by atoms with van der Waals surface area (Å²) in [6.07, 6.45) is 8.37. The highest BCUT2D eigenvalue weighted by Gasteiger charge is 2.14. The summed E-state index contributed by atoms with van der Waals surface area (Å²) in [6.45, 7) is 1.49. The summed E-state index contributed by atoms with van der Waals surface area (Å²) in [5.41, 5.74) is 0.712. The zero-order valence-corrected chi connectivity index (χ0v) is 13.8. The Morgan fingerprint density at radius 2 is 1.65 bits per heavy atom. The summed E-state index contributed by atoms with van der Waals surface area (Å²) < 4.78 is 5.50. The van der Waals surface area contributed by atoms with Crippen molar-refractivity contribution in [2.24, 2.45) is 0 Å². The molecule has 0 aromatic heterocycles. The molecule has 0 spiro atoms. The normalized spacial score (nSPS) is 16.0. The van der Waals surface area contributed by atoms with Gasteiger partial charge in [-0.15, -0.1) is 0 Å². The van der Waals surface area contributed by atoms with Gasteiger partial charge in [0.25, 0.3) is 5.91 Å². The van der Waals surface area contributed by atoms with Crippen LogP contribution in [0.15, 0.2) is 24.3 Å². The fourth-order valence-electron chi connectivity index (χ4n) is 2.86. The average molecular weight is 318 g/mol. The van der Waals surface area contributed by atoms with E-state index in [1.54, 1.807) is 24.3 Å². The summed E-state index contributed by atoms with van der Waals surface area (Å²) in [6, 6.07) is 7.28. The van der Waals surface area contributed by atoms with Gasteiger partial charge in [0, 0.05) is 18.7 Å². The smallest absolute Gasteiger partial charge is 0.258 e. The molecule has 1 saturated carbocycles. The number of hydrogen-bond acceptors (Lipinski definition) is 3. The molecule has 0 atom stereocenters. The van der Waals surface area contributed by atoms with Crippen molar-refractivity contribution in [3.05, 3.63) is 24.3 Å². The number of carbonyl (C=O) groups excluding carboxylic acids is 2. The molecule has 2 rings (SSSR count). The van der Waals surface area contributed by atoms with E-state index in [0.717, 1.165) is 12.8 Å². The number of rotatable bonds is 5. The van der Waals surface area contributed by atoms with Gasteiger partial charge in [0.05, 0.1) is 0 Å². The lowest BCUT2D eigenvalue weighted by Gasteiger charge is -2.21. The Kier molecular flexibility index (Phi) is 6.91. The van der Waals surface area contributed by atoms with Gasteiger partial charge in [0.1, 0.15) is 5.75 Å². The SMILES string of the molecule is CC(=O)Nc1ccc(OCC(=O)NC2CCCCCCC2)cc1. The van der Waals surface area contributed by atoms with Crippen LogP contribution in [0.2, 0.25) is 0 Å². The first-order chi connectivity index (χ1) is 11.1. The van der Waals surface area contributed by atoms with Crippen LogP contribution in [0.3, 0.4) is 0 Å². The number of ether oxygens (including phenoxy) is 1. The van der Waals surface area contributed by atoms with Gasteiger partial charge < -0.3 is 15.4 Å². The summed E-state index contributed by atoms with van der Waals surface area (Å²) in [4.78, 5) is 23.0. The molecule has 2 amide bonds. The zero-order chi connectivity index (χ0) is 16.5. The van der Waals surface area contributed by atoms with Crippen LogP contribution in [0.5, 0.6) is 5.75 Å². The van der Waals surface area contributed by atoms with Crippen LogP contribution < -0.4 is 15.4 Å². The maximum Gasteiger partial charge on any atom is 0.258 e. The van der Waals surface area contributed by atoms with Crippen LogP contribution in [0, 0.1) is 0 Å². The Labute approximate surface area is 137 Å². The molecule has 1 aliphatic rings. The van der Waals surface area contributed by atoms with Gasteiger partial charge in [-0.25, -0.2) is 0 Å². The van der Waals surface area contributed by atoms with Crippen molar-refractivity contribution >= 4 is 17.5 Å². The second-order valence-corrected chi connectivity index (χ2v) is 6.10. The van der Waals surface area contributed by atoms with Crippen LogP contribution in [0.4, 0.5) is 5.69 Å². The lowest BCUT2D eigenvalue weighted by Crippen LogP contribution is -2.38. The average Bonchev–Trinajstić information content (AvgIpc) is 2.48. The minimum Gasteiger partial charge on any atom is -0.484 e. The quantitative estimate of drug-likeness (QED) is 0.875. The lowest BCUT2D eigenvalue weighted by molar-refractivity contribution is -0.124. The fraction of sp³-hybridized carbons (Fsp3) is 0.556. The Morgan fingerprint density at radius 1 is 1.04 bits per heavy atom. The van der Waals surface area contributed by atoms with Gasteiger partial charge >= 0.3 is 0 Å². The molecular weight excluding hydrogens is 292 g/mol. The van der Waals surface area contributed by atoms with Crippen molar-refractivity contribution < 1.29 is 14.3 Å². The van der Waals surface area contributed by atoms with Crippen molar-refractivity contribution in [1.29, 1.82) is 0 Å². The van der Waals surface area contributed by atoms with E-state index in [2.05, 4.69) is 10.6 Å². The molecule has 126 valence electrons. The number of nitrogens with one attached hydrogen (secondary N) is 2. The first-order valence-corrected chi connectivity index (χ1v) is 8.43. The third-order valence-corrected chi connectivity index (χ3v) is 4.01. The number of carbonyl (C=O) groups is 2. The third kappa shape index (κ3) is 6.72. The van der Waals surface area contributed by atoms with E-state index in [1.165, 1.54) is 39.0 Å². The molecule has 1 aliphatic carbocycles. The van der Waals surface area contributed by atoms with Gasteiger partial charge in [0.2, 0.25) is 5.91 Å². The predicted octanol–water partition coefficient (Wildman–Crippen LogP) is 3.25. The van der Waals surface area contributed by atoms with E-state index in [1.807, 2.05) is 0 Å². The molecule has 0 heterocycles. The Hall–Kier alpha value is -2.04. The van der Waals surface area contributed by atoms with E-state index in [4.69, 9.17) is 4.74 Å². The largest absolute Gasteiger partial charge is 0.484 e. The molecule has 0 aliphatic heterocycles. The highest BCUT2D eigenvalue weighted by atomic mass is 16.5. The van der Waals surface area contributed by atoms with E-state index < -0.39 is 0 Å². The van der Waals surface area contributed by atoms with Crippen LogP contribution >= 0.6 is 0 Å². The van der Waals surface area contributed by atoms with Crippen LogP contribution in [0.1, 0.15) is 51.9 Å². The lowest BCUT2D eigenvalue weighted by atomic mass is 9.97. The molecule has 1 fully saturated rings. The highest BCUT2D eigenvalue weighted by Crippen LogP contribution is 2.18. The van der Waals surface area contributed by atoms with Gasteiger partial charge in [0.15, 0.2) is 6.61 Å². The Morgan fingerprint density at radius 3 is 2.26 bits per heavy atom. The molecular formula is C18H26N2O3. The summed E-state index contributed by atoms with van der Waals surface area (Å²) in [5.74, 6) is 0.436. The topological polar surface area (TPSA) is 67.4 Å². The van der Waals surface area contributed by atoms with Crippen LogP contribution in [0.25, 0.3) is 0 Å². The van der Waals surface area contributed by atoms with Gasteiger partial charge in [-0.2, -0.15) is 0 Å². The molecule has 5 nitrogen and oxygen atoms in total. The van der Waals surface area contributed by atoms with E-state index in [-0.39, 0.29) is 24.5 Å². The summed E-state index contributed by atoms with van der Waals surface area (Å²) >= 11 is 0. The Balaban J connectivity index is 1.73. The highest BCUT2D eigenvalue weighted by molar-refractivity contribution is 5.88. The fourth-order valence-corrected chi connectivity index (χ4v) is 2.86. The van der Waals surface area contributed by atoms with Gasteiger partial charge in [-0.3, -0.25) is 9.59 Å². The van der Waals surface area contributed by atoms with E-state index >= 15 is 0 Å². The number of hydrogen-bond donors (Lipinski definition) is 2. The van der Waals surface area contributed by atoms with Crippen molar-refractivity contribution in [2.45, 2.75) is 57.9 Å². The first kappa shape index (κ1) is 17.3. The van der Waals surface area contributed by atoms with Gasteiger partial charge in [-0.1, -0.05) is 32.1 Å². The minimum absolute atomic E-state index is 0.0238. The van der Waals surface area contributed by atoms with Crippen LogP contribution in [-0.2, 0) is 9.59 Å². The standard InChI is InChI=1S/C18H26N2O3/c1-14(21)19-16-9-11-17(12-10-16)23-13-18(22)20-15-7-5-3-2-4-6-8-15/h9-12,15H,2-8,13H2,1H3,(H,19,21)(H,20,22). The van der Waals surface area contributed by atoms with Crippen molar-refractivity contribution in [1.82, 2.24) is 5.32 Å². The second-order valence-electron chi connectivity index (χ2n) is 6.10. The monoisotopic (exact) mass is 318 g/mol. The number of benzene rings is 1. The molecule has 0 bridgehead atoms. The van der Waals surface area contributed by atoms with Gasteiger partial charge in [-0.05, 0) is 37.1 Å². The first-order valence-electron chi connectivity index (χ1n) is 8.43. The van der Waals surface area contributed by atoms with E-state index in [9.17, 15) is 9.59 Å². The third-order valence-electron chi connectivity index (χ3n) is 4.01. The summed E-state index contributed by atoms with van der Waals surface area (Å²) in [5, 5.41) is 5.76. The molecule has 2 N–H and O–H groups in total. The molecule has 1 aromatic carbocycles. The maximum absolute atomic E-state index is 12.0. The summed E-state index contributed by atoms with van der Waals surface area (Å²) in [7, 11) is 0. The van der Waals surface area contributed by atoms with Crippen molar-refractivity contribution in [3.63, 3.8) is 0 Å². The predicted molar refractivity (Wildman–Crippen MR) is 90.5 cm³/mol. The number of amides is 2. The van der Waals surface area contributed by atoms with E-state index in [0.29, 0.717) is 11.4 Å². The Bertz CT molecular complexity index is 506. The zero-order valence-electron chi connectivity index (χ0n) is 13.8. The van der Waals surface area contributed by atoms with Crippen molar-refractivity contribution in [3.8, 4) is 5.75 Å². The van der Waals surface area contributed by atoms with Crippen LogP contribution in [-0.4, -0.2) is 24.5 Å². The second kappa shape index (κ2) is 9.18. The van der Waals surface area contributed by atoms with Crippen molar-refractivity contribution in [2.75, 3.05) is 11.9 Å². The number of anilines is 1. The maximum atomic E-state index is 12.0. The minimum atomic E-state index is -0.114. The molecule has 0 radical (unpaired) electrons. The molecule has 0 saturated heterocycles. The molecule has 1 aromatic rings. The molecule has 23 heavy (non-hydrogen) atoms. The molecule has 0 unspecified atom stereocenters.